The molecule has 1 heterocycles. The molecule has 136 valence electrons. The normalized spacial score (nSPS) is 14.8. The van der Waals surface area contributed by atoms with E-state index in [1.807, 2.05) is 12.1 Å². The van der Waals surface area contributed by atoms with Crippen LogP contribution in [0.25, 0.3) is 0 Å². The fourth-order valence-electron chi connectivity index (χ4n) is 2.91. The third kappa shape index (κ3) is 4.90. The first kappa shape index (κ1) is 18.5. The summed E-state index contributed by atoms with van der Waals surface area (Å²) in [5.41, 5.74) is 2.31. The highest BCUT2D eigenvalue weighted by Crippen LogP contribution is 2.18. The number of benzene rings is 2. The molecule has 0 spiro atoms. The Hall–Kier alpha value is -2.24. The van der Waals surface area contributed by atoms with E-state index in [2.05, 4.69) is 10.2 Å². The molecule has 2 aromatic carbocycles. The number of carbonyl (C=O) groups is 1. The molecule has 0 aromatic heterocycles. The molecule has 1 aliphatic rings. The van der Waals surface area contributed by atoms with Crippen LogP contribution in [0.1, 0.15) is 17.5 Å². The van der Waals surface area contributed by atoms with Crippen LogP contribution >= 0.6 is 11.6 Å². The zero-order valence-corrected chi connectivity index (χ0v) is 14.9. The van der Waals surface area contributed by atoms with Crippen molar-refractivity contribution in [2.75, 3.05) is 13.1 Å². The molecule has 6 heteroatoms. The molecule has 3 rings (SSSR count). The largest absolute Gasteiger partial charge is 0.348 e. The summed E-state index contributed by atoms with van der Waals surface area (Å²) in [5.74, 6) is -0.788. The van der Waals surface area contributed by atoms with E-state index in [1.165, 1.54) is 24.3 Å². The Morgan fingerprint density at radius 2 is 1.96 bits per heavy atom. The molecule has 1 amide bonds. The van der Waals surface area contributed by atoms with E-state index in [0.717, 1.165) is 17.7 Å². The maximum atomic E-state index is 13.3. The number of rotatable bonds is 5. The Bertz CT molecular complexity index is 838. The molecule has 1 N–H and O–H groups in total. The summed E-state index contributed by atoms with van der Waals surface area (Å²) < 4.78 is 26.3. The predicted molar refractivity (Wildman–Crippen MR) is 97.6 cm³/mol. The molecular formula is C20H19ClF2N2O. The lowest BCUT2D eigenvalue weighted by molar-refractivity contribution is -0.117. The van der Waals surface area contributed by atoms with E-state index in [4.69, 9.17) is 11.6 Å². The molecule has 0 atom stereocenters. The van der Waals surface area contributed by atoms with Crippen molar-refractivity contribution in [3.8, 4) is 0 Å². The van der Waals surface area contributed by atoms with Crippen molar-refractivity contribution >= 4 is 17.5 Å². The summed E-state index contributed by atoms with van der Waals surface area (Å²) in [6.07, 6.45) is 2.52. The second-order valence-corrected chi connectivity index (χ2v) is 6.67. The van der Waals surface area contributed by atoms with Crippen molar-refractivity contribution in [2.45, 2.75) is 19.5 Å². The van der Waals surface area contributed by atoms with Crippen molar-refractivity contribution in [2.24, 2.45) is 0 Å². The van der Waals surface area contributed by atoms with Crippen LogP contribution in [0.15, 0.2) is 54.1 Å². The van der Waals surface area contributed by atoms with E-state index in [-0.39, 0.29) is 18.3 Å². The Kier molecular flexibility index (Phi) is 6.01. The first-order valence-electron chi connectivity index (χ1n) is 8.39. The van der Waals surface area contributed by atoms with Gasteiger partial charge in [0.2, 0.25) is 5.91 Å². The summed E-state index contributed by atoms with van der Waals surface area (Å²) >= 11 is 5.97. The lowest BCUT2D eigenvalue weighted by Gasteiger charge is -2.26. The number of amides is 1. The minimum atomic E-state index is -0.404. The van der Waals surface area contributed by atoms with Crippen LogP contribution in [0.4, 0.5) is 8.78 Å². The molecule has 3 nitrogen and oxygen atoms in total. The number of nitrogens with zero attached hydrogens (tertiary/aromatic N) is 1. The average molecular weight is 377 g/mol. The van der Waals surface area contributed by atoms with Crippen LogP contribution in [0.5, 0.6) is 0 Å². The number of nitrogens with one attached hydrogen (secondary N) is 1. The van der Waals surface area contributed by atoms with Gasteiger partial charge in [0.15, 0.2) is 0 Å². The highest BCUT2D eigenvalue weighted by Gasteiger charge is 2.17. The second kappa shape index (κ2) is 8.43. The zero-order chi connectivity index (χ0) is 18.5. The highest BCUT2D eigenvalue weighted by atomic mass is 35.5. The van der Waals surface area contributed by atoms with Crippen LogP contribution in [0.3, 0.4) is 0 Å². The number of carbonyl (C=O) groups excluding carboxylic acids is 1. The summed E-state index contributed by atoms with van der Waals surface area (Å²) in [7, 11) is 0. The first-order valence-corrected chi connectivity index (χ1v) is 8.77. The Morgan fingerprint density at radius 3 is 2.65 bits per heavy atom. The lowest BCUT2D eigenvalue weighted by atomic mass is 10.1. The average Bonchev–Trinajstić information content (AvgIpc) is 2.61. The number of hydrogen-bond donors (Lipinski definition) is 1. The van der Waals surface area contributed by atoms with Crippen molar-refractivity contribution in [3.63, 3.8) is 0 Å². The summed E-state index contributed by atoms with van der Waals surface area (Å²) in [5, 5.41) is 3.11. The Labute approximate surface area is 156 Å². The maximum absolute atomic E-state index is 13.3. The van der Waals surface area contributed by atoms with E-state index in [9.17, 15) is 13.6 Å². The molecule has 0 aliphatic carbocycles. The van der Waals surface area contributed by atoms with Crippen molar-refractivity contribution < 1.29 is 13.6 Å². The fourth-order valence-corrected chi connectivity index (χ4v) is 3.14. The highest BCUT2D eigenvalue weighted by molar-refractivity contribution is 6.31. The molecule has 1 aliphatic heterocycles. The smallest absolute Gasteiger partial charge is 0.247 e. The second-order valence-electron chi connectivity index (χ2n) is 6.26. The third-order valence-electron chi connectivity index (χ3n) is 4.33. The topological polar surface area (TPSA) is 32.3 Å². The van der Waals surface area contributed by atoms with Crippen LogP contribution in [0, 0.1) is 11.6 Å². The van der Waals surface area contributed by atoms with Crippen molar-refractivity contribution in [1.82, 2.24) is 10.2 Å². The molecule has 2 aromatic rings. The maximum Gasteiger partial charge on any atom is 0.247 e. The molecule has 0 bridgehead atoms. The Balaban J connectivity index is 1.52. The Morgan fingerprint density at radius 1 is 1.15 bits per heavy atom. The van der Waals surface area contributed by atoms with Gasteiger partial charge in [0.05, 0.1) is 0 Å². The van der Waals surface area contributed by atoms with Gasteiger partial charge in [-0.2, -0.15) is 0 Å². The van der Waals surface area contributed by atoms with Gasteiger partial charge in [-0.3, -0.25) is 9.69 Å². The summed E-state index contributed by atoms with van der Waals surface area (Å²) in [4.78, 5) is 14.4. The van der Waals surface area contributed by atoms with Crippen molar-refractivity contribution in [1.29, 1.82) is 0 Å². The van der Waals surface area contributed by atoms with Gasteiger partial charge in [0, 0.05) is 36.8 Å². The van der Waals surface area contributed by atoms with E-state index in [1.54, 1.807) is 12.1 Å². The molecule has 0 saturated carbocycles. The quantitative estimate of drug-likeness (QED) is 0.853. The SMILES string of the molecule is O=C(NCc1ccc(F)cc1Cl)C1=CCN(Cc2cccc(F)c2)CC1. The van der Waals surface area contributed by atoms with Gasteiger partial charge in [-0.1, -0.05) is 35.9 Å². The summed E-state index contributed by atoms with van der Waals surface area (Å²) in [6.45, 7) is 2.26. The van der Waals surface area contributed by atoms with E-state index in [0.29, 0.717) is 30.1 Å². The van der Waals surface area contributed by atoms with Gasteiger partial charge >= 0.3 is 0 Å². The van der Waals surface area contributed by atoms with Gasteiger partial charge in [-0.05, 0) is 41.8 Å². The van der Waals surface area contributed by atoms with Crippen molar-refractivity contribution in [3.05, 3.63) is 81.9 Å². The van der Waals surface area contributed by atoms with Crippen LogP contribution < -0.4 is 5.32 Å². The van der Waals surface area contributed by atoms with Crippen LogP contribution in [-0.2, 0) is 17.9 Å². The molecular weight excluding hydrogens is 358 g/mol. The fraction of sp³-hybridized carbons (Fsp3) is 0.250. The van der Waals surface area contributed by atoms with Gasteiger partial charge in [0.1, 0.15) is 11.6 Å². The van der Waals surface area contributed by atoms with Crippen LogP contribution in [-0.4, -0.2) is 23.9 Å². The van der Waals surface area contributed by atoms with E-state index < -0.39 is 5.82 Å². The van der Waals surface area contributed by atoms with Crippen LogP contribution in [0.2, 0.25) is 5.02 Å². The molecule has 26 heavy (non-hydrogen) atoms. The van der Waals surface area contributed by atoms with E-state index >= 15 is 0 Å². The minimum absolute atomic E-state index is 0.143. The minimum Gasteiger partial charge on any atom is -0.348 e. The lowest BCUT2D eigenvalue weighted by Crippen LogP contribution is -2.33. The first-order chi connectivity index (χ1) is 12.5. The molecule has 0 unspecified atom stereocenters. The third-order valence-corrected chi connectivity index (χ3v) is 4.69. The van der Waals surface area contributed by atoms with Gasteiger partial charge in [-0.25, -0.2) is 8.78 Å². The standard InChI is InChI=1S/C20H19ClF2N2O/c21-19-11-18(23)5-4-16(19)12-24-20(26)15-6-8-25(9-7-15)13-14-2-1-3-17(22)10-14/h1-6,10-11H,7-9,12-13H2,(H,24,26). The zero-order valence-electron chi connectivity index (χ0n) is 14.1. The molecule has 0 fully saturated rings. The molecule has 0 saturated heterocycles. The monoisotopic (exact) mass is 376 g/mol. The predicted octanol–water partition coefficient (Wildman–Crippen LogP) is 4.07. The van der Waals surface area contributed by atoms with Gasteiger partial charge in [-0.15, -0.1) is 0 Å². The summed E-state index contributed by atoms with van der Waals surface area (Å²) in [6, 6.07) is 10.7. The molecule has 0 radical (unpaired) electrons. The van der Waals surface area contributed by atoms with Gasteiger partial charge < -0.3 is 5.32 Å². The van der Waals surface area contributed by atoms with Gasteiger partial charge in [0.25, 0.3) is 0 Å². The number of halogens is 3. The number of hydrogen-bond acceptors (Lipinski definition) is 2.